The van der Waals surface area contributed by atoms with Gasteiger partial charge in [-0.25, -0.2) is 15.4 Å². The van der Waals surface area contributed by atoms with Crippen LogP contribution in [-0.4, -0.2) is 22.5 Å². The molecule has 1 saturated heterocycles. The van der Waals surface area contributed by atoms with E-state index >= 15 is 0 Å². The van der Waals surface area contributed by atoms with Crippen LogP contribution in [0, 0.1) is 0 Å². The Morgan fingerprint density at radius 1 is 1.24 bits per heavy atom. The minimum atomic E-state index is -0.000897. The van der Waals surface area contributed by atoms with Crippen LogP contribution in [0.3, 0.4) is 0 Å². The first kappa shape index (κ1) is 10.6. The minimum absolute atomic E-state index is 0.000897. The van der Waals surface area contributed by atoms with Gasteiger partial charge in [0, 0.05) is 17.7 Å². The van der Waals surface area contributed by atoms with Crippen LogP contribution < -0.4 is 10.4 Å². The number of thioether (sulfide) groups is 1. The minimum Gasteiger partial charge on any atom is -0.260 e. The largest absolute Gasteiger partial charge is 0.301 e. The number of hydrogen-bond donors (Lipinski definition) is 1. The number of pyridine rings is 1. The Kier molecular flexibility index (Phi) is 2.70. The Balaban J connectivity index is 2.02. The van der Waals surface area contributed by atoms with Gasteiger partial charge in [-0.2, -0.15) is 0 Å². The van der Waals surface area contributed by atoms with Gasteiger partial charge in [-0.3, -0.25) is 4.79 Å². The molecule has 3 rings (SSSR count). The number of nitrogens with zero attached hydrogens (tertiary/aromatic N) is 2. The molecule has 0 unspecified atom stereocenters. The third kappa shape index (κ3) is 1.99. The molecule has 0 saturated carbocycles. The molecule has 1 aromatic heterocycles. The molecule has 17 heavy (non-hydrogen) atoms. The Bertz CT molecular complexity index is 572. The molecule has 1 fully saturated rings. The van der Waals surface area contributed by atoms with Crippen LogP contribution in [0.4, 0.5) is 10.6 Å². The predicted molar refractivity (Wildman–Crippen MR) is 70.1 cm³/mol. The highest BCUT2D eigenvalue weighted by atomic mass is 32.2. The Labute approximate surface area is 103 Å². The third-order valence-electron chi connectivity index (χ3n) is 2.59. The van der Waals surface area contributed by atoms with Crippen molar-refractivity contribution in [3.63, 3.8) is 0 Å². The van der Waals surface area contributed by atoms with Crippen molar-refractivity contribution in [3.05, 3.63) is 36.4 Å². The second-order valence-electron chi connectivity index (χ2n) is 3.72. The molecule has 0 spiro atoms. The summed E-state index contributed by atoms with van der Waals surface area (Å²) in [6.07, 6.45) is 0. The summed E-state index contributed by atoms with van der Waals surface area (Å²) in [7, 11) is 0. The number of anilines is 1. The van der Waals surface area contributed by atoms with Crippen molar-refractivity contribution in [2.24, 2.45) is 0 Å². The van der Waals surface area contributed by atoms with Gasteiger partial charge in [0.05, 0.1) is 5.52 Å². The number of rotatable bonds is 1. The van der Waals surface area contributed by atoms with Crippen molar-refractivity contribution in [1.82, 2.24) is 10.4 Å². The fourth-order valence-electron chi connectivity index (χ4n) is 1.78. The van der Waals surface area contributed by atoms with Crippen LogP contribution in [0.15, 0.2) is 36.4 Å². The molecule has 0 bridgehead atoms. The molecule has 1 aliphatic rings. The van der Waals surface area contributed by atoms with Crippen molar-refractivity contribution in [3.8, 4) is 0 Å². The van der Waals surface area contributed by atoms with Gasteiger partial charge in [-0.05, 0) is 18.2 Å². The highest BCUT2D eigenvalue weighted by Gasteiger charge is 2.21. The van der Waals surface area contributed by atoms with Crippen molar-refractivity contribution < 1.29 is 4.79 Å². The fraction of sp³-hybridized carbons (Fsp3) is 0.167. The van der Waals surface area contributed by atoms with Crippen molar-refractivity contribution >= 4 is 33.7 Å². The number of aromatic nitrogens is 1. The first-order chi connectivity index (χ1) is 8.34. The Hall–Kier alpha value is -1.59. The second-order valence-corrected chi connectivity index (χ2v) is 4.77. The van der Waals surface area contributed by atoms with E-state index in [1.54, 1.807) is 0 Å². The highest BCUT2D eigenvalue weighted by Crippen LogP contribution is 2.21. The maximum atomic E-state index is 11.7. The van der Waals surface area contributed by atoms with Gasteiger partial charge >= 0.3 is 5.24 Å². The summed E-state index contributed by atoms with van der Waals surface area (Å²) in [4.78, 5) is 16.2. The van der Waals surface area contributed by atoms with Crippen LogP contribution in [0.25, 0.3) is 10.9 Å². The van der Waals surface area contributed by atoms with Gasteiger partial charge in [-0.1, -0.05) is 30.0 Å². The summed E-state index contributed by atoms with van der Waals surface area (Å²) in [5, 5.41) is 2.59. The summed E-state index contributed by atoms with van der Waals surface area (Å²) < 4.78 is 0. The topological polar surface area (TPSA) is 45.2 Å². The van der Waals surface area contributed by atoms with E-state index in [9.17, 15) is 4.79 Å². The molecule has 0 radical (unpaired) electrons. The second kappa shape index (κ2) is 4.35. The van der Waals surface area contributed by atoms with Gasteiger partial charge < -0.3 is 0 Å². The molecular formula is C12H11N3OS. The lowest BCUT2D eigenvalue weighted by Crippen LogP contribution is -2.46. The lowest BCUT2D eigenvalue weighted by atomic mass is 10.2. The zero-order valence-corrected chi connectivity index (χ0v) is 9.91. The number of nitrogens with one attached hydrogen (secondary N) is 1. The van der Waals surface area contributed by atoms with Gasteiger partial charge in [0.25, 0.3) is 0 Å². The molecule has 2 heterocycles. The van der Waals surface area contributed by atoms with Crippen molar-refractivity contribution in [2.45, 2.75) is 0 Å². The lowest BCUT2D eigenvalue weighted by Gasteiger charge is -2.25. The fourth-order valence-corrected chi connectivity index (χ4v) is 2.43. The number of carbonyl (C=O) groups is 1. The number of benzene rings is 1. The van der Waals surface area contributed by atoms with E-state index in [4.69, 9.17) is 0 Å². The number of hydrogen-bond acceptors (Lipinski definition) is 4. The summed E-state index contributed by atoms with van der Waals surface area (Å²) in [5.74, 6) is 1.46. The number of hydrazine groups is 1. The van der Waals surface area contributed by atoms with Gasteiger partial charge in [0.15, 0.2) is 5.82 Å². The predicted octanol–water partition coefficient (Wildman–Crippen LogP) is 2.41. The monoisotopic (exact) mass is 245 g/mol. The van der Waals surface area contributed by atoms with E-state index in [0.29, 0.717) is 5.82 Å². The molecule has 0 aliphatic carbocycles. The Morgan fingerprint density at radius 3 is 3.00 bits per heavy atom. The average molecular weight is 245 g/mol. The van der Waals surface area contributed by atoms with Crippen LogP contribution in [0.1, 0.15) is 0 Å². The summed E-state index contributed by atoms with van der Waals surface area (Å²) in [6, 6.07) is 11.7. The van der Waals surface area contributed by atoms with Crippen LogP contribution in [-0.2, 0) is 0 Å². The molecular weight excluding hydrogens is 234 g/mol. The maximum absolute atomic E-state index is 11.7. The van der Waals surface area contributed by atoms with Crippen molar-refractivity contribution in [1.29, 1.82) is 0 Å². The number of carbonyl (C=O) groups excluding carboxylic acids is 1. The SMILES string of the molecule is O=C1SCCNN1c1ccc2ccccc2n1. The van der Waals surface area contributed by atoms with Crippen LogP contribution >= 0.6 is 11.8 Å². The van der Waals surface area contributed by atoms with E-state index in [2.05, 4.69) is 10.4 Å². The first-order valence-electron chi connectivity index (χ1n) is 5.41. The van der Waals surface area contributed by atoms with E-state index < -0.39 is 0 Å². The molecule has 4 nitrogen and oxygen atoms in total. The van der Waals surface area contributed by atoms with Crippen LogP contribution in [0.2, 0.25) is 0 Å². The first-order valence-corrected chi connectivity index (χ1v) is 6.39. The van der Waals surface area contributed by atoms with E-state index in [0.717, 1.165) is 23.2 Å². The number of fused-ring (bicyclic) bond motifs is 1. The molecule has 1 aliphatic heterocycles. The molecule has 1 N–H and O–H groups in total. The van der Waals surface area contributed by atoms with Gasteiger partial charge in [0.1, 0.15) is 0 Å². The van der Waals surface area contributed by atoms with E-state index in [-0.39, 0.29) is 5.24 Å². The average Bonchev–Trinajstić information content (AvgIpc) is 2.39. The highest BCUT2D eigenvalue weighted by molar-refractivity contribution is 8.14. The third-order valence-corrected chi connectivity index (χ3v) is 3.43. The molecule has 0 atom stereocenters. The summed E-state index contributed by atoms with van der Waals surface area (Å²) in [6.45, 7) is 0.783. The van der Waals surface area contributed by atoms with Gasteiger partial charge in [0.2, 0.25) is 0 Å². The van der Waals surface area contributed by atoms with Crippen molar-refractivity contribution in [2.75, 3.05) is 17.3 Å². The number of para-hydroxylation sites is 1. The normalized spacial score (nSPS) is 16.5. The standard InChI is InChI=1S/C12H11N3OS/c16-12-15(13-7-8-17-12)11-6-5-9-3-1-2-4-10(9)14-11/h1-6,13H,7-8H2. The van der Waals surface area contributed by atoms with Crippen LogP contribution in [0.5, 0.6) is 0 Å². The maximum Gasteiger partial charge on any atom is 0.301 e. The molecule has 2 aromatic rings. The number of amides is 1. The summed E-state index contributed by atoms with van der Waals surface area (Å²) in [5.41, 5.74) is 3.95. The van der Waals surface area contributed by atoms with E-state index in [1.165, 1.54) is 16.8 Å². The lowest BCUT2D eigenvalue weighted by molar-refractivity contribution is 0.262. The summed E-state index contributed by atoms with van der Waals surface area (Å²) >= 11 is 1.31. The molecule has 86 valence electrons. The molecule has 1 aromatic carbocycles. The zero-order valence-electron chi connectivity index (χ0n) is 9.09. The molecule has 1 amide bonds. The zero-order chi connectivity index (χ0) is 11.7. The molecule has 5 heteroatoms. The quantitative estimate of drug-likeness (QED) is 0.838. The van der Waals surface area contributed by atoms with E-state index in [1.807, 2.05) is 36.4 Å². The van der Waals surface area contributed by atoms with Gasteiger partial charge in [-0.15, -0.1) is 0 Å². The Morgan fingerprint density at radius 2 is 2.12 bits per heavy atom. The smallest absolute Gasteiger partial charge is 0.260 e.